The van der Waals surface area contributed by atoms with Gasteiger partial charge in [0.15, 0.2) is 0 Å². The first kappa shape index (κ1) is 17.9. The van der Waals surface area contributed by atoms with Gasteiger partial charge in [-0.1, -0.05) is 30.3 Å². The Morgan fingerprint density at radius 3 is 2.67 bits per heavy atom. The Labute approximate surface area is 160 Å². The van der Waals surface area contributed by atoms with Crippen LogP contribution in [0.2, 0.25) is 0 Å². The van der Waals surface area contributed by atoms with Gasteiger partial charge in [-0.25, -0.2) is 9.97 Å². The third kappa shape index (κ3) is 3.82. The molecule has 4 rings (SSSR count). The lowest BCUT2D eigenvalue weighted by Crippen LogP contribution is -3.14. The molecule has 0 bridgehead atoms. The highest BCUT2D eigenvalue weighted by atomic mass is 16.5. The lowest BCUT2D eigenvalue weighted by Gasteiger charge is -2.23. The van der Waals surface area contributed by atoms with Crippen LogP contribution < -0.4 is 10.2 Å². The van der Waals surface area contributed by atoms with E-state index in [9.17, 15) is 0 Å². The minimum Gasteiger partial charge on any atom is -0.370 e. The van der Waals surface area contributed by atoms with E-state index in [1.807, 2.05) is 0 Å². The van der Waals surface area contributed by atoms with Crippen molar-refractivity contribution in [2.75, 3.05) is 44.7 Å². The zero-order valence-electron chi connectivity index (χ0n) is 16.2. The molecule has 6 heteroatoms. The fraction of sp³-hybridized carbons (Fsp3) is 0.429. The normalized spacial score (nSPS) is 15.3. The first-order valence-corrected chi connectivity index (χ1v) is 9.73. The van der Waals surface area contributed by atoms with E-state index >= 15 is 0 Å². The number of anilines is 1. The Morgan fingerprint density at radius 2 is 1.89 bits per heavy atom. The molecule has 0 aliphatic carbocycles. The molecule has 1 aromatic carbocycles. The molecule has 3 heterocycles. The minimum atomic E-state index is 0.825. The van der Waals surface area contributed by atoms with Gasteiger partial charge in [0.2, 0.25) is 0 Å². The minimum absolute atomic E-state index is 0.825. The summed E-state index contributed by atoms with van der Waals surface area (Å²) in [5, 5.41) is 4.70. The van der Waals surface area contributed by atoms with Crippen molar-refractivity contribution in [3.8, 4) is 0 Å². The topological polar surface area (TPSA) is 56.4 Å². The largest absolute Gasteiger partial charge is 0.370 e. The number of rotatable bonds is 6. The monoisotopic (exact) mass is 366 g/mol. The van der Waals surface area contributed by atoms with Crippen molar-refractivity contribution >= 4 is 16.9 Å². The second kappa shape index (κ2) is 8.06. The number of morpholine rings is 1. The van der Waals surface area contributed by atoms with Gasteiger partial charge in [0.1, 0.15) is 30.9 Å². The molecule has 0 spiro atoms. The molecular weight excluding hydrogens is 338 g/mol. The summed E-state index contributed by atoms with van der Waals surface area (Å²) in [6.45, 7) is 11.1. The number of hydrogen-bond acceptors (Lipinski definition) is 4. The van der Waals surface area contributed by atoms with E-state index in [-0.39, 0.29) is 0 Å². The van der Waals surface area contributed by atoms with E-state index in [1.54, 1.807) is 11.2 Å². The van der Waals surface area contributed by atoms with E-state index in [0.717, 1.165) is 62.8 Å². The first-order chi connectivity index (χ1) is 13.2. The summed E-state index contributed by atoms with van der Waals surface area (Å²) < 4.78 is 7.73. The summed E-state index contributed by atoms with van der Waals surface area (Å²) in [5.41, 5.74) is 4.78. The maximum absolute atomic E-state index is 5.44. The third-order valence-electron chi connectivity index (χ3n) is 5.56. The lowest BCUT2D eigenvalue weighted by atomic mass is 10.2. The molecule has 1 saturated heterocycles. The van der Waals surface area contributed by atoms with Crippen molar-refractivity contribution < 1.29 is 9.64 Å². The van der Waals surface area contributed by atoms with E-state index in [4.69, 9.17) is 4.74 Å². The highest BCUT2D eigenvalue weighted by Crippen LogP contribution is 2.29. The van der Waals surface area contributed by atoms with E-state index in [1.165, 1.54) is 16.8 Å². The third-order valence-corrected chi connectivity index (χ3v) is 5.56. The molecule has 3 aromatic rings. The SMILES string of the molecule is Cc1c(C)n(Cc2ccccc2)c2ncnc(NCC[NH+]3CCOCC3)c12. The molecule has 27 heavy (non-hydrogen) atoms. The van der Waals surface area contributed by atoms with Crippen molar-refractivity contribution in [2.45, 2.75) is 20.4 Å². The Hall–Kier alpha value is -2.44. The Kier molecular flexibility index (Phi) is 5.36. The standard InChI is InChI=1S/C21H27N5O/c1-16-17(2)26(14-18-6-4-3-5-7-18)21-19(16)20(23-15-24-21)22-8-9-25-10-12-27-13-11-25/h3-7,15H,8-14H2,1-2H3,(H,22,23,24)/p+1. The average molecular weight is 366 g/mol. The van der Waals surface area contributed by atoms with Gasteiger partial charge in [-0.05, 0) is 25.0 Å². The van der Waals surface area contributed by atoms with Gasteiger partial charge >= 0.3 is 0 Å². The maximum atomic E-state index is 5.44. The number of fused-ring (bicyclic) bond motifs is 1. The molecule has 0 amide bonds. The van der Waals surface area contributed by atoms with Crippen LogP contribution in [0.15, 0.2) is 36.7 Å². The Morgan fingerprint density at radius 1 is 1.11 bits per heavy atom. The molecule has 0 saturated carbocycles. The van der Waals surface area contributed by atoms with Gasteiger partial charge in [-0.2, -0.15) is 0 Å². The number of benzene rings is 1. The fourth-order valence-corrected chi connectivity index (χ4v) is 3.83. The van der Waals surface area contributed by atoms with Crippen LogP contribution in [-0.4, -0.2) is 53.9 Å². The van der Waals surface area contributed by atoms with E-state index in [2.05, 4.69) is 64.0 Å². The molecule has 142 valence electrons. The molecule has 1 fully saturated rings. The van der Waals surface area contributed by atoms with Crippen LogP contribution >= 0.6 is 0 Å². The predicted octanol–water partition coefficient (Wildman–Crippen LogP) is 1.42. The summed E-state index contributed by atoms with van der Waals surface area (Å²) >= 11 is 0. The first-order valence-electron chi connectivity index (χ1n) is 9.73. The van der Waals surface area contributed by atoms with Gasteiger partial charge in [0.25, 0.3) is 0 Å². The van der Waals surface area contributed by atoms with Gasteiger partial charge < -0.3 is 19.5 Å². The molecule has 0 unspecified atom stereocenters. The zero-order valence-corrected chi connectivity index (χ0v) is 16.2. The molecule has 2 N–H and O–H groups in total. The van der Waals surface area contributed by atoms with Crippen LogP contribution in [0.3, 0.4) is 0 Å². The van der Waals surface area contributed by atoms with Crippen LogP contribution in [0.4, 0.5) is 5.82 Å². The second-order valence-electron chi connectivity index (χ2n) is 7.24. The smallest absolute Gasteiger partial charge is 0.146 e. The van der Waals surface area contributed by atoms with Crippen LogP contribution in [0.1, 0.15) is 16.8 Å². The van der Waals surface area contributed by atoms with Gasteiger partial charge in [-0.15, -0.1) is 0 Å². The number of nitrogens with zero attached hydrogens (tertiary/aromatic N) is 3. The van der Waals surface area contributed by atoms with E-state index in [0.29, 0.717) is 0 Å². The fourth-order valence-electron chi connectivity index (χ4n) is 3.83. The van der Waals surface area contributed by atoms with Crippen molar-refractivity contribution in [1.82, 2.24) is 14.5 Å². The van der Waals surface area contributed by atoms with Gasteiger partial charge in [0, 0.05) is 12.2 Å². The highest BCUT2D eigenvalue weighted by Gasteiger charge is 2.17. The summed E-state index contributed by atoms with van der Waals surface area (Å²) in [6.07, 6.45) is 1.67. The lowest BCUT2D eigenvalue weighted by molar-refractivity contribution is -0.906. The summed E-state index contributed by atoms with van der Waals surface area (Å²) in [4.78, 5) is 10.7. The molecule has 0 atom stereocenters. The number of ether oxygens (including phenoxy) is 1. The zero-order chi connectivity index (χ0) is 18.6. The number of nitrogens with one attached hydrogen (secondary N) is 2. The van der Waals surface area contributed by atoms with Crippen LogP contribution in [-0.2, 0) is 11.3 Å². The van der Waals surface area contributed by atoms with Crippen LogP contribution in [0.25, 0.3) is 11.0 Å². The van der Waals surface area contributed by atoms with Gasteiger partial charge in [0.05, 0.1) is 31.7 Å². The van der Waals surface area contributed by atoms with Crippen LogP contribution in [0, 0.1) is 13.8 Å². The number of aryl methyl sites for hydroxylation is 1. The molecule has 1 aliphatic heterocycles. The van der Waals surface area contributed by atoms with Crippen LogP contribution in [0.5, 0.6) is 0 Å². The number of aromatic nitrogens is 3. The second-order valence-corrected chi connectivity index (χ2v) is 7.24. The number of hydrogen-bond donors (Lipinski definition) is 2. The molecule has 2 aromatic heterocycles. The quantitative estimate of drug-likeness (QED) is 0.693. The summed E-state index contributed by atoms with van der Waals surface area (Å²) in [5.74, 6) is 0.945. The number of quaternary nitrogens is 1. The average Bonchev–Trinajstić information content (AvgIpc) is 2.95. The van der Waals surface area contributed by atoms with Gasteiger partial charge in [-0.3, -0.25) is 0 Å². The van der Waals surface area contributed by atoms with Crippen molar-refractivity contribution in [3.63, 3.8) is 0 Å². The molecule has 6 nitrogen and oxygen atoms in total. The van der Waals surface area contributed by atoms with Crippen molar-refractivity contribution in [3.05, 3.63) is 53.5 Å². The Balaban J connectivity index is 1.56. The molecule has 1 aliphatic rings. The highest BCUT2D eigenvalue weighted by molar-refractivity contribution is 5.91. The molecular formula is C21H28N5O+. The summed E-state index contributed by atoms with van der Waals surface area (Å²) in [7, 11) is 0. The van der Waals surface area contributed by atoms with Crippen molar-refractivity contribution in [2.24, 2.45) is 0 Å². The van der Waals surface area contributed by atoms with E-state index < -0.39 is 0 Å². The molecule has 0 radical (unpaired) electrons. The summed E-state index contributed by atoms with van der Waals surface area (Å²) in [6, 6.07) is 10.5. The Bertz CT molecular complexity index is 900. The predicted molar refractivity (Wildman–Crippen MR) is 107 cm³/mol. The maximum Gasteiger partial charge on any atom is 0.146 e. The van der Waals surface area contributed by atoms with Crippen molar-refractivity contribution in [1.29, 1.82) is 0 Å².